The van der Waals surface area contributed by atoms with Gasteiger partial charge in [0.05, 0.1) is 5.56 Å². The standard InChI is InChI=1S/C19H18O3/c1-3-12-6-5-7-13(4-2)18(12)16-11-14-10-15(20)8-9-17(14)22-19(16)21/h5-11,20H,3-4H2,1-2H3. The summed E-state index contributed by atoms with van der Waals surface area (Å²) in [5.74, 6) is 0.159. The van der Waals surface area contributed by atoms with Crippen LogP contribution in [-0.4, -0.2) is 5.11 Å². The summed E-state index contributed by atoms with van der Waals surface area (Å²) in [7, 11) is 0. The Balaban J connectivity index is 2.35. The molecule has 0 atom stereocenters. The van der Waals surface area contributed by atoms with Crippen LogP contribution in [0.5, 0.6) is 5.75 Å². The van der Waals surface area contributed by atoms with E-state index in [0.29, 0.717) is 11.1 Å². The maximum Gasteiger partial charge on any atom is 0.344 e. The number of benzene rings is 2. The van der Waals surface area contributed by atoms with Crippen LogP contribution >= 0.6 is 0 Å². The second-order valence-corrected chi connectivity index (χ2v) is 5.33. The van der Waals surface area contributed by atoms with Crippen molar-refractivity contribution in [1.82, 2.24) is 0 Å². The van der Waals surface area contributed by atoms with Crippen LogP contribution in [0.15, 0.2) is 51.7 Å². The van der Waals surface area contributed by atoms with E-state index in [-0.39, 0.29) is 11.4 Å². The SMILES string of the molecule is CCc1cccc(CC)c1-c1cc2cc(O)ccc2oc1=O. The highest BCUT2D eigenvalue weighted by Crippen LogP contribution is 2.29. The highest BCUT2D eigenvalue weighted by molar-refractivity contribution is 5.84. The molecule has 3 rings (SSSR count). The highest BCUT2D eigenvalue weighted by Gasteiger charge is 2.14. The van der Waals surface area contributed by atoms with Gasteiger partial charge in [0, 0.05) is 5.39 Å². The van der Waals surface area contributed by atoms with Gasteiger partial charge in [-0.3, -0.25) is 0 Å². The fourth-order valence-corrected chi connectivity index (χ4v) is 2.87. The molecule has 112 valence electrons. The van der Waals surface area contributed by atoms with E-state index in [1.54, 1.807) is 12.1 Å². The van der Waals surface area contributed by atoms with Gasteiger partial charge in [-0.25, -0.2) is 4.79 Å². The molecule has 0 aliphatic heterocycles. The average molecular weight is 294 g/mol. The molecule has 1 N–H and O–H groups in total. The second kappa shape index (κ2) is 5.68. The van der Waals surface area contributed by atoms with E-state index in [9.17, 15) is 9.90 Å². The number of fused-ring (bicyclic) bond motifs is 1. The van der Waals surface area contributed by atoms with Gasteiger partial charge < -0.3 is 9.52 Å². The second-order valence-electron chi connectivity index (χ2n) is 5.33. The Morgan fingerprint density at radius 2 is 1.68 bits per heavy atom. The van der Waals surface area contributed by atoms with Crippen LogP contribution in [0.25, 0.3) is 22.1 Å². The molecule has 0 aliphatic carbocycles. The first-order chi connectivity index (χ1) is 10.6. The third kappa shape index (κ3) is 2.39. The van der Waals surface area contributed by atoms with Gasteiger partial charge in [-0.2, -0.15) is 0 Å². The van der Waals surface area contributed by atoms with Gasteiger partial charge in [-0.1, -0.05) is 32.0 Å². The van der Waals surface area contributed by atoms with E-state index in [1.807, 2.05) is 24.3 Å². The smallest absolute Gasteiger partial charge is 0.344 e. The van der Waals surface area contributed by atoms with E-state index in [2.05, 4.69) is 13.8 Å². The molecule has 1 aromatic heterocycles. The van der Waals surface area contributed by atoms with Gasteiger partial charge >= 0.3 is 5.63 Å². The molecule has 0 amide bonds. The van der Waals surface area contributed by atoms with Gasteiger partial charge in [-0.05, 0) is 53.8 Å². The molecule has 0 saturated carbocycles. The van der Waals surface area contributed by atoms with Crippen molar-refractivity contribution in [2.45, 2.75) is 26.7 Å². The highest BCUT2D eigenvalue weighted by atomic mass is 16.4. The van der Waals surface area contributed by atoms with E-state index in [1.165, 1.54) is 6.07 Å². The van der Waals surface area contributed by atoms with Crippen molar-refractivity contribution in [3.8, 4) is 16.9 Å². The summed E-state index contributed by atoms with van der Waals surface area (Å²) < 4.78 is 5.43. The van der Waals surface area contributed by atoms with Crippen molar-refractivity contribution < 1.29 is 9.52 Å². The molecule has 0 unspecified atom stereocenters. The van der Waals surface area contributed by atoms with Crippen LogP contribution in [0.3, 0.4) is 0 Å². The number of phenolic OH excluding ortho intramolecular Hbond substituents is 1. The van der Waals surface area contributed by atoms with Gasteiger partial charge in [0.1, 0.15) is 11.3 Å². The van der Waals surface area contributed by atoms with Crippen LogP contribution in [-0.2, 0) is 12.8 Å². The van der Waals surface area contributed by atoms with Crippen LogP contribution in [0.4, 0.5) is 0 Å². The molecular formula is C19H18O3. The predicted octanol–water partition coefficient (Wildman–Crippen LogP) is 4.29. The number of hydrogen-bond donors (Lipinski definition) is 1. The number of rotatable bonds is 3. The van der Waals surface area contributed by atoms with Gasteiger partial charge in [0.25, 0.3) is 0 Å². The lowest BCUT2D eigenvalue weighted by Gasteiger charge is -2.12. The van der Waals surface area contributed by atoms with Crippen molar-refractivity contribution in [2.24, 2.45) is 0 Å². The maximum atomic E-state index is 12.4. The molecule has 1 heterocycles. The summed E-state index contributed by atoms with van der Waals surface area (Å²) in [5.41, 5.74) is 3.93. The number of hydrogen-bond acceptors (Lipinski definition) is 3. The van der Waals surface area contributed by atoms with Crippen LogP contribution < -0.4 is 5.63 Å². The Morgan fingerprint density at radius 3 is 2.32 bits per heavy atom. The van der Waals surface area contributed by atoms with E-state index >= 15 is 0 Å². The first-order valence-corrected chi connectivity index (χ1v) is 7.52. The molecule has 3 nitrogen and oxygen atoms in total. The minimum absolute atomic E-state index is 0.159. The fraction of sp³-hybridized carbons (Fsp3) is 0.211. The van der Waals surface area contributed by atoms with Crippen LogP contribution in [0.1, 0.15) is 25.0 Å². The van der Waals surface area contributed by atoms with Gasteiger partial charge in [0.2, 0.25) is 0 Å². The Kier molecular flexibility index (Phi) is 3.72. The van der Waals surface area contributed by atoms with Crippen molar-refractivity contribution in [2.75, 3.05) is 0 Å². The summed E-state index contributed by atoms with van der Waals surface area (Å²) in [4.78, 5) is 12.4. The minimum Gasteiger partial charge on any atom is -0.508 e. The zero-order valence-electron chi connectivity index (χ0n) is 12.7. The van der Waals surface area contributed by atoms with Crippen LogP contribution in [0, 0.1) is 0 Å². The Bertz CT molecular complexity index is 869. The summed E-state index contributed by atoms with van der Waals surface area (Å²) in [6.07, 6.45) is 1.70. The lowest BCUT2D eigenvalue weighted by molar-refractivity contribution is 0.475. The summed E-state index contributed by atoms with van der Waals surface area (Å²) in [6, 6.07) is 12.7. The lowest BCUT2D eigenvalue weighted by atomic mass is 9.92. The van der Waals surface area contributed by atoms with Crippen LogP contribution in [0.2, 0.25) is 0 Å². The summed E-state index contributed by atoms with van der Waals surface area (Å²) in [5, 5.41) is 10.4. The van der Waals surface area contributed by atoms with Gasteiger partial charge in [0.15, 0.2) is 0 Å². The number of phenols is 1. The van der Waals surface area contributed by atoms with E-state index in [4.69, 9.17) is 4.42 Å². The Labute approximate surface area is 128 Å². The molecular weight excluding hydrogens is 276 g/mol. The van der Waals surface area contributed by atoms with Gasteiger partial charge in [-0.15, -0.1) is 0 Å². The molecule has 2 aromatic carbocycles. The molecule has 0 spiro atoms. The van der Waals surface area contributed by atoms with Crippen molar-refractivity contribution in [3.63, 3.8) is 0 Å². The molecule has 0 fully saturated rings. The largest absolute Gasteiger partial charge is 0.508 e. The topological polar surface area (TPSA) is 50.4 Å². The summed E-state index contributed by atoms with van der Waals surface area (Å²) in [6.45, 7) is 4.15. The fourth-order valence-electron chi connectivity index (χ4n) is 2.87. The average Bonchev–Trinajstić information content (AvgIpc) is 2.53. The Morgan fingerprint density at radius 1 is 1.00 bits per heavy atom. The number of aryl methyl sites for hydroxylation is 2. The molecule has 22 heavy (non-hydrogen) atoms. The predicted molar refractivity (Wildman–Crippen MR) is 88.3 cm³/mol. The molecule has 3 aromatic rings. The quantitative estimate of drug-likeness (QED) is 0.733. The Hall–Kier alpha value is -2.55. The third-order valence-corrected chi connectivity index (χ3v) is 3.98. The summed E-state index contributed by atoms with van der Waals surface area (Å²) >= 11 is 0. The van der Waals surface area contributed by atoms with Crippen molar-refractivity contribution >= 4 is 11.0 Å². The van der Waals surface area contributed by atoms with E-state index < -0.39 is 0 Å². The molecule has 0 aliphatic rings. The lowest BCUT2D eigenvalue weighted by Crippen LogP contribution is -2.06. The van der Waals surface area contributed by atoms with Crippen molar-refractivity contribution in [3.05, 3.63) is 64.0 Å². The normalized spacial score (nSPS) is 11.0. The molecule has 0 bridgehead atoms. The maximum absolute atomic E-state index is 12.4. The van der Waals surface area contributed by atoms with E-state index in [0.717, 1.165) is 34.9 Å². The zero-order chi connectivity index (χ0) is 15.7. The molecule has 0 saturated heterocycles. The monoisotopic (exact) mass is 294 g/mol. The number of aromatic hydroxyl groups is 1. The molecule has 0 radical (unpaired) electrons. The first kappa shape index (κ1) is 14.4. The molecule has 3 heteroatoms. The third-order valence-electron chi connectivity index (χ3n) is 3.98. The minimum atomic E-state index is -0.339. The first-order valence-electron chi connectivity index (χ1n) is 7.52. The van der Waals surface area contributed by atoms with Crippen molar-refractivity contribution in [1.29, 1.82) is 0 Å². The zero-order valence-corrected chi connectivity index (χ0v) is 12.7.